The van der Waals surface area contributed by atoms with Crippen LogP contribution in [-0.4, -0.2) is 31.2 Å². The molecule has 1 amide bonds. The first-order chi connectivity index (χ1) is 14.0. The summed E-state index contributed by atoms with van der Waals surface area (Å²) in [5, 5.41) is 5.61. The number of nitrogens with one attached hydrogen (secondary N) is 2. The van der Waals surface area contributed by atoms with Gasteiger partial charge in [0.15, 0.2) is 11.6 Å². The van der Waals surface area contributed by atoms with Crippen LogP contribution < -0.4 is 20.1 Å². The van der Waals surface area contributed by atoms with Gasteiger partial charge in [-0.3, -0.25) is 9.78 Å². The van der Waals surface area contributed by atoms with Crippen LogP contribution in [0.25, 0.3) is 0 Å². The van der Waals surface area contributed by atoms with E-state index in [4.69, 9.17) is 9.47 Å². The maximum atomic E-state index is 13.3. The number of methoxy groups -OCH3 is 1. The maximum absolute atomic E-state index is 13.3. The fraction of sp³-hybridized carbons (Fsp3) is 0.143. The van der Waals surface area contributed by atoms with Gasteiger partial charge >= 0.3 is 0 Å². The highest BCUT2D eigenvalue weighted by atomic mass is 19.2. The lowest BCUT2D eigenvalue weighted by Gasteiger charge is -2.10. The topological polar surface area (TPSA) is 72.5 Å². The highest BCUT2D eigenvalue weighted by molar-refractivity contribution is 5.94. The second-order valence-corrected chi connectivity index (χ2v) is 6.00. The summed E-state index contributed by atoms with van der Waals surface area (Å²) in [6, 6.07) is 12.1. The third-order valence-electron chi connectivity index (χ3n) is 3.92. The van der Waals surface area contributed by atoms with Gasteiger partial charge in [-0.1, -0.05) is 0 Å². The lowest BCUT2D eigenvalue weighted by molar-refractivity contribution is 0.0946. The van der Waals surface area contributed by atoms with E-state index in [9.17, 15) is 13.6 Å². The molecule has 0 saturated carbocycles. The largest absolute Gasteiger partial charge is 0.497 e. The smallest absolute Gasteiger partial charge is 0.253 e. The number of hydrogen-bond acceptors (Lipinski definition) is 5. The summed E-state index contributed by atoms with van der Waals surface area (Å²) in [7, 11) is 1.59. The van der Waals surface area contributed by atoms with E-state index >= 15 is 0 Å². The van der Waals surface area contributed by atoms with Gasteiger partial charge in [0.2, 0.25) is 0 Å². The summed E-state index contributed by atoms with van der Waals surface area (Å²) in [6.45, 7) is 0.587. The Bertz CT molecular complexity index is 981. The van der Waals surface area contributed by atoms with Crippen LogP contribution in [0.3, 0.4) is 0 Å². The molecule has 0 aliphatic rings. The number of carbonyl (C=O) groups is 1. The number of benzene rings is 2. The minimum absolute atomic E-state index is 0.290. The monoisotopic (exact) mass is 399 g/mol. The highest BCUT2D eigenvalue weighted by Gasteiger charge is 2.08. The maximum Gasteiger partial charge on any atom is 0.253 e. The van der Waals surface area contributed by atoms with Gasteiger partial charge in [-0.2, -0.15) is 0 Å². The number of rotatable bonds is 8. The summed E-state index contributed by atoms with van der Waals surface area (Å²) in [4.78, 5) is 16.3. The van der Waals surface area contributed by atoms with E-state index in [1.165, 1.54) is 18.5 Å². The van der Waals surface area contributed by atoms with Gasteiger partial charge in [0.05, 0.1) is 31.1 Å². The van der Waals surface area contributed by atoms with Crippen LogP contribution in [0.15, 0.2) is 60.9 Å². The summed E-state index contributed by atoms with van der Waals surface area (Å²) in [5.41, 5.74) is 1.14. The number of halogens is 2. The molecule has 8 heteroatoms. The molecule has 0 saturated heterocycles. The first kappa shape index (κ1) is 20.1. The summed E-state index contributed by atoms with van der Waals surface area (Å²) >= 11 is 0. The van der Waals surface area contributed by atoms with Crippen molar-refractivity contribution in [2.75, 3.05) is 25.6 Å². The zero-order valence-electron chi connectivity index (χ0n) is 15.6. The first-order valence-corrected chi connectivity index (χ1v) is 8.77. The van der Waals surface area contributed by atoms with E-state index in [1.54, 1.807) is 37.4 Å². The minimum atomic E-state index is -0.964. The third kappa shape index (κ3) is 5.65. The van der Waals surface area contributed by atoms with Crippen molar-refractivity contribution in [2.45, 2.75) is 0 Å². The van der Waals surface area contributed by atoms with E-state index in [2.05, 4.69) is 15.6 Å². The number of anilines is 2. The van der Waals surface area contributed by atoms with Crippen LogP contribution in [0, 0.1) is 11.6 Å². The van der Waals surface area contributed by atoms with Gasteiger partial charge in [-0.25, -0.2) is 8.78 Å². The molecule has 0 atom stereocenters. The van der Waals surface area contributed by atoms with E-state index in [-0.39, 0.29) is 12.5 Å². The molecule has 0 bridgehead atoms. The van der Waals surface area contributed by atoms with Crippen LogP contribution in [0.1, 0.15) is 10.4 Å². The van der Waals surface area contributed by atoms with Gasteiger partial charge in [-0.05, 0) is 42.5 Å². The minimum Gasteiger partial charge on any atom is -0.497 e. The molecule has 0 spiro atoms. The van der Waals surface area contributed by atoms with Gasteiger partial charge in [0.25, 0.3) is 5.91 Å². The number of pyridine rings is 1. The van der Waals surface area contributed by atoms with Crippen molar-refractivity contribution in [2.24, 2.45) is 0 Å². The normalized spacial score (nSPS) is 10.3. The Morgan fingerprint density at radius 1 is 0.966 bits per heavy atom. The molecule has 0 aliphatic carbocycles. The van der Waals surface area contributed by atoms with Gasteiger partial charge in [-0.15, -0.1) is 0 Å². The zero-order chi connectivity index (χ0) is 20.6. The Morgan fingerprint density at radius 3 is 2.45 bits per heavy atom. The van der Waals surface area contributed by atoms with E-state index in [1.807, 2.05) is 0 Å². The van der Waals surface area contributed by atoms with Crippen LogP contribution in [0.5, 0.6) is 11.5 Å². The number of amides is 1. The van der Waals surface area contributed by atoms with E-state index in [0.717, 1.165) is 17.9 Å². The Hall–Kier alpha value is -3.68. The number of nitrogens with zero attached hydrogens (tertiary/aromatic N) is 1. The van der Waals surface area contributed by atoms with Crippen molar-refractivity contribution in [3.8, 4) is 11.5 Å². The van der Waals surface area contributed by atoms with Crippen molar-refractivity contribution in [3.05, 3.63) is 78.1 Å². The summed E-state index contributed by atoms with van der Waals surface area (Å²) in [6.07, 6.45) is 2.89. The van der Waals surface area contributed by atoms with Crippen LogP contribution in [0.4, 0.5) is 20.2 Å². The second-order valence-electron chi connectivity index (χ2n) is 6.00. The predicted molar refractivity (Wildman–Crippen MR) is 105 cm³/mol. The van der Waals surface area contributed by atoms with Crippen molar-refractivity contribution in [1.82, 2.24) is 10.3 Å². The standard InChI is InChI=1S/C21H19F2N3O3/c1-28-17-3-5-18(6-4-17)29-9-8-25-21(27)14-10-16(13-24-12-14)26-15-2-7-19(22)20(23)11-15/h2-7,10-13,26H,8-9H2,1H3,(H,25,27). The average molecular weight is 399 g/mol. The fourth-order valence-electron chi connectivity index (χ4n) is 2.48. The number of aromatic nitrogens is 1. The zero-order valence-corrected chi connectivity index (χ0v) is 15.6. The molecule has 0 fully saturated rings. The fourth-order valence-corrected chi connectivity index (χ4v) is 2.48. The van der Waals surface area contributed by atoms with Crippen molar-refractivity contribution >= 4 is 17.3 Å². The molecule has 0 radical (unpaired) electrons. The molecular formula is C21H19F2N3O3. The van der Waals surface area contributed by atoms with E-state index < -0.39 is 11.6 Å². The Kier molecular flexibility index (Phi) is 6.57. The van der Waals surface area contributed by atoms with Crippen LogP contribution in [-0.2, 0) is 0 Å². The molecule has 2 N–H and O–H groups in total. The third-order valence-corrected chi connectivity index (χ3v) is 3.92. The van der Waals surface area contributed by atoms with E-state index in [0.29, 0.717) is 29.2 Å². The Labute approximate surface area is 166 Å². The Balaban J connectivity index is 1.51. The van der Waals surface area contributed by atoms with Gasteiger partial charge < -0.3 is 20.1 Å². The lowest BCUT2D eigenvalue weighted by atomic mass is 10.2. The lowest BCUT2D eigenvalue weighted by Crippen LogP contribution is -2.28. The molecule has 1 aromatic heterocycles. The molecule has 0 unspecified atom stereocenters. The average Bonchev–Trinajstić information content (AvgIpc) is 2.74. The molecule has 2 aromatic carbocycles. The number of ether oxygens (including phenoxy) is 2. The molecular weight excluding hydrogens is 380 g/mol. The molecule has 29 heavy (non-hydrogen) atoms. The molecule has 150 valence electrons. The predicted octanol–water partition coefficient (Wildman–Crippen LogP) is 3.92. The van der Waals surface area contributed by atoms with Gasteiger partial charge in [0, 0.05) is 18.0 Å². The van der Waals surface area contributed by atoms with Crippen molar-refractivity contribution in [1.29, 1.82) is 0 Å². The molecule has 0 aliphatic heterocycles. The highest BCUT2D eigenvalue weighted by Crippen LogP contribution is 2.19. The van der Waals surface area contributed by atoms with Crippen LogP contribution >= 0.6 is 0 Å². The second kappa shape index (κ2) is 9.50. The molecule has 3 aromatic rings. The Morgan fingerprint density at radius 2 is 1.72 bits per heavy atom. The summed E-state index contributed by atoms with van der Waals surface area (Å²) in [5.74, 6) is -0.827. The molecule has 1 heterocycles. The number of hydrogen-bond donors (Lipinski definition) is 2. The quantitative estimate of drug-likeness (QED) is 0.562. The molecule has 6 nitrogen and oxygen atoms in total. The van der Waals surface area contributed by atoms with Crippen LogP contribution in [0.2, 0.25) is 0 Å². The first-order valence-electron chi connectivity index (χ1n) is 8.77. The van der Waals surface area contributed by atoms with Crippen molar-refractivity contribution in [3.63, 3.8) is 0 Å². The summed E-state index contributed by atoms with van der Waals surface area (Å²) < 4.78 is 36.9. The molecule has 3 rings (SSSR count). The number of carbonyl (C=O) groups excluding carboxylic acids is 1. The van der Waals surface area contributed by atoms with Crippen molar-refractivity contribution < 1.29 is 23.0 Å². The van der Waals surface area contributed by atoms with Gasteiger partial charge in [0.1, 0.15) is 18.1 Å². The SMILES string of the molecule is COc1ccc(OCCNC(=O)c2cncc(Nc3ccc(F)c(F)c3)c2)cc1.